The van der Waals surface area contributed by atoms with Crippen molar-refractivity contribution in [3.63, 3.8) is 0 Å². The van der Waals surface area contributed by atoms with E-state index in [9.17, 15) is 0 Å². The number of methoxy groups -OCH3 is 1. The van der Waals surface area contributed by atoms with E-state index in [-0.39, 0.29) is 6.10 Å². The second kappa shape index (κ2) is 10.7. The lowest BCUT2D eigenvalue weighted by molar-refractivity contribution is 0.198. The third-order valence-corrected chi connectivity index (χ3v) is 5.76. The highest BCUT2D eigenvalue weighted by Crippen LogP contribution is 2.34. The Balaban J connectivity index is 1.41. The predicted octanol–water partition coefficient (Wildman–Crippen LogP) is 4.07. The van der Waals surface area contributed by atoms with Crippen molar-refractivity contribution in [2.75, 3.05) is 14.2 Å². The van der Waals surface area contributed by atoms with Crippen molar-refractivity contribution in [2.45, 2.75) is 44.9 Å². The number of rotatable bonds is 8. The topological polar surface area (TPSA) is 72.7 Å². The molecule has 0 spiro atoms. The van der Waals surface area contributed by atoms with Gasteiger partial charge >= 0.3 is 0 Å². The van der Waals surface area contributed by atoms with Crippen molar-refractivity contribution in [3.8, 4) is 17.2 Å². The molecule has 0 radical (unpaired) electrons. The number of hydrogen-bond acceptors (Lipinski definition) is 4. The molecule has 0 unspecified atom stereocenters. The van der Waals surface area contributed by atoms with Gasteiger partial charge in [-0.25, -0.2) is 4.98 Å². The molecule has 0 atom stereocenters. The number of guanidine groups is 1. The van der Waals surface area contributed by atoms with E-state index in [0.29, 0.717) is 13.1 Å². The molecule has 168 valence electrons. The molecule has 1 fully saturated rings. The maximum absolute atomic E-state index is 6.35. The molecular formula is C25H31N5O2. The lowest BCUT2D eigenvalue weighted by Gasteiger charge is -2.20. The molecule has 2 N–H and O–H groups in total. The van der Waals surface area contributed by atoms with Gasteiger partial charge in [-0.05, 0) is 43.4 Å². The second-order valence-electron chi connectivity index (χ2n) is 7.85. The quantitative estimate of drug-likeness (QED) is 0.414. The van der Waals surface area contributed by atoms with Crippen molar-refractivity contribution >= 4 is 5.96 Å². The highest BCUT2D eigenvalue weighted by molar-refractivity contribution is 5.79. The first-order chi connectivity index (χ1) is 15.8. The molecule has 0 bridgehead atoms. The van der Waals surface area contributed by atoms with Crippen LogP contribution in [0.3, 0.4) is 0 Å². The zero-order chi connectivity index (χ0) is 22.2. The zero-order valence-electron chi connectivity index (χ0n) is 18.8. The van der Waals surface area contributed by atoms with Gasteiger partial charge in [-0.2, -0.15) is 0 Å². The minimum Gasteiger partial charge on any atom is -0.493 e. The van der Waals surface area contributed by atoms with Gasteiger partial charge in [0.1, 0.15) is 0 Å². The van der Waals surface area contributed by atoms with Crippen molar-refractivity contribution in [1.82, 2.24) is 20.2 Å². The van der Waals surface area contributed by atoms with E-state index in [1.54, 1.807) is 26.7 Å². The van der Waals surface area contributed by atoms with Gasteiger partial charge in [0.15, 0.2) is 17.5 Å². The molecule has 1 aliphatic rings. The average molecular weight is 434 g/mol. The largest absolute Gasteiger partial charge is 0.493 e. The van der Waals surface area contributed by atoms with Crippen LogP contribution in [0.5, 0.6) is 11.5 Å². The first-order valence-corrected chi connectivity index (χ1v) is 11.1. The fraction of sp³-hybridized carbons (Fsp3) is 0.360. The van der Waals surface area contributed by atoms with Crippen molar-refractivity contribution < 1.29 is 9.47 Å². The molecule has 1 aliphatic carbocycles. The van der Waals surface area contributed by atoms with Gasteiger partial charge in [0.2, 0.25) is 0 Å². The van der Waals surface area contributed by atoms with E-state index >= 15 is 0 Å². The molecule has 7 nitrogen and oxygen atoms in total. The zero-order valence-corrected chi connectivity index (χ0v) is 18.8. The van der Waals surface area contributed by atoms with Gasteiger partial charge in [-0.3, -0.25) is 4.99 Å². The van der Waals surface area contributed by atoms with Gasteiger partial charge in [0.25, 0.3) is 0 Å². The Hall–Kier alpha value is -3.48. The van der Waals surface area contributed by atoms with Gasteiger partial charge in [-0.1, -0.05) is 30.3 Å². The standard InChI is InChI=1S/C25H31N5O2/c1-26-25(28-16-19-8-3-6-12-22(19)30-15-14-27-18-30)29-17-20-9-7-13-23(31-2)24(20)32-21-10-4-5-11-21/h3,6-9,12-15,18,21H,4-5,10-11,16-17H2,1-2H3,(H2,26,28,29). The second-order valence-corrected chi connectivity index (χ2v) is 7.85. The SMILES string of the molecule is CN=C(NCc1ccccc1-n1ccnc1)NCc1cccc(OC)c1OC1CCCC1. The van der Waals surface area contributed by atoms with Crippen molar-refractivity contribution in [3.05, 3.63) is 72.3 Å². The first kappa shape index (κ1) is 21.7. The molecule has 2 aromatic carbocycles. The van der Waals surface area contributed by atoms with E-state index < -0.39 is 0 Å². The Labute approximate surface area is 189 Å². The minimum atomic E-state index is 0.266. The third kappa shape index (κ3) is 5.22. The summed E-state index contributed by atoms with van der Waals surface area (Å²) < 4.78 is 13.9. The summed E-state index contributed by atoms with van der Waals surface area (Å²) in [5.74, 6) is 2.32. The number of aliphatic imine (C=N–C) groups is 1. The molecule has 0 amide bonds. The smallest absolute Gasteiger partial charge is 0.191 e. The summed E-state index contributed by atoms with van der Waals surface area (Å²) >= 11 is 0. The van der Waals surface area contributed by atoms with Crippen LogP contribution in [0.25, 0.3) is 5.69 Å². The molecule has 3 aromatic rings. The monoisotopic (exact) mass is 433 g/mol. The summed E-state index contributed by atoms with van der Waals surface area (Å²) in [7, 11) is 3.46. The summed E-state index contributed by atoms with van der Waals surface area (Å²) in [6.45, 7) is 1.22. The Kier molecular flexibility index (Phi) is 7.27. The van der Waals surface area contributed by atoms with Crippen LogP contribution < -0.4 is 20.1 Å². The fourth-order valence-corrected chi connectivity index (χ4v) is 4.06. The van der Waals surface area contributed by atoms with Gasteiger partial charge in [-0.15, -0.1) is 0 Å². The number of ether oxygens (including phenoxy) is 2. The van der Waals surface area contributed by atoms with Crippen LogP contribution in [0.1, 0.15) is 36.8 Å². The minimum absolute atomic E-state index is 0.266. The number of hydrogen-bond donors (Lipinski definition) is 2. The van der Waals surface area contributed by atoms with Crippen LogP contribution in [0.15, 0.2) is 66.2 Å². The van der Waals surface area contributed by atoms with Crippen LogP contribution in [0.4, 0.5) is 0 Å². The number of para-hydroxylation sites is 2. The fourth-order valence-electron chi connectivity index (χ4n) is 4.06. The summed E-state index contributed by atoms with van der Waals surface area (Å²) in [4.78, 5) is 8.55. The summed E-state index contributed by atoms with van der Waals surface area (Å²) in [6.07, 6.45) is 10.5. The van der Waals surface area contributed by atoms with E-state index in [1.165, 1.54) is 12.8 Å². The van der Waals surface area contributed by atoms with Crippen LogP contribution in [-0.4, -0.2) is 35.8 Å². The van der Waals surface area contributed by atoms with Crippen LogP contribution >= 0.6 is 0 Å². The molecule has 4 rings (SSSR count). The molecular weight excluding hydrogens is 402 g/mol. The molecule has 1 saturated carbocycles. The molecule has 1 heterocycles. The lowest BCUT2D eigenvalue weighted by Crippen LogP contribution is -2.36. The highest BCUT2D eigenvalue weighted by Gasteiger charge is 2.20. The Morgan fingerprint density at radius 3 is 2.53 bits per heavy atom. The Bertz CT molecular complexity index is 1030. The number of aromatic nitrogens is 2. The molecule has 7 heteroatoms. The number of nitrogens with zero attached hydrogens (tertiary/aromatic N) is 3. The van der Waals surface area contributed by atoms with Gasteiger partial charge < -0.3 is 24.7 Å². The van der Waals surface area contributed by atoms with Crippen LogP contribution in [-0.2, 0) is 13.1 Å². The van der Waals surface area contributed by atoms with Crippen LogP contribution in [0, 0.1) is 0 Å². The average Bonchev–Trinajstić information content (AvgIpc) is 3.55. The Morgan fingerprint density at radius 2 is 1.81 bits per heavy atom. The molecule has 0 aliphatic heterocycles. The normalized spacial score (nSPS) is 14.4. The Morgan fingerprint density at radius 1 is 1.06 bits per heavy atom. The maximum atomic E-state index is 6.35. The van der Waals surface area contributed by atoms with Crippen molar-refractivity contribution in [1.29, 1.82) is 0 Å². The number of imidazole rings is 1. The van der Waals surface area contributed by atoms with Gasteiger partial charge in [0.05, 0.1) is 25.2 Å². The summed E-state index contributed by atoms with van der Waals surface area (Å²) in [5.41, 5.74) is 3.30. The molecule has 1 aromatic heterocycles. The van der Waals surface area contributed by atoms with E-state index in [4.69, 9.17) is 9.47 Å². The van der Waals surface area contributed by atoms with E-state index in [2.05, 4.69) is 38.8 Å². The first-order valence-electron chi connectivity index (χ1n) is 11.1. The van der Waals surface area contributed by atoms with Crippen LogP contribution in [0.2, 0.25) is 0 Å². The molecule has 32 heavy (non-hydrogen) atoms. The highest BCUT2D eigenvalue weighted by atomic mass is 16.5. The van der Waals surface area contributed by atoms with Crippen molar-refractivity contribution in [2.24, 2.45) is 4.99 Å². The number of benzene rings is 2. The predicted molar refractivity (Wildman–Crippen MR) is 126 cm³/mol. The van der Waals surface area contributed by atoms with E-state index in [0.717, 1.165) is 47.1 Å². The summed E-state index contributed by atoms with van der Waals surface area (Å²) in [6, 6.07) is 14.3. The maximum Gasteiger partial charge on any atom is 0.191 e. The third-order valence-electron chi connectivity index (χ3n) is 5.76. The molecule has 0 saturated heterocycles. The number of nitrogens with one attached hydrogen (secondary N) is 2. The van der Waals surface area contributed by atoms with E-state index in [1.807, 2.05) is 35.0 Å². The van der Waals surface area contributed by atoms with Gasteiger partial charge in [0, 0.05) is 38.1 Å². The summed E-state index contributed by atoms with van der Waals surface area (Å²) in [5, 5.41) is 6.82. The lowest BCUT2D eigenvalue weighted by atomic mass is 10.1.